The van der Waals surface area contributed by atoms with E-state index in [1.807, 2.05) is 24.3 Å². The number of nitrogens with one attached hydrogen (secondary N) is 1. The van der Waals surface area contributed by atoms with Crippen LogP contribution in [0.3, 0.4) is 0 Å². The molecule has 3 amide bonds. The van der Waals surface area contributed by atoms with Crippen LogP contribution < -0.4 is 5.32 Å². The second-order valence-electron chi connectivity index (χ2n) is 7.00. The first-order valence-electron chi connectivity index (χ1n) is 8.66. The quantitative estimate of drug-likeness (QED) is 0.816. The minimum absolute atomic E-state index is 0.0956. The van der Waals surface area contributed by atoms with Crippen molar-refractivity contribution < 1.29 is 22.8 Å². The lowest BCUT2D eigenvalue weighted by molar-refractivity contribution is -0.139. The van der Waals surface area contributed by atoms with Crippen LogP contribution in [0.5, 0.6) is 0 Å². The molecule has 2 aromatic rings. The Bertz CT molecular complexity index is 925. The van der Waals surface area contributed by atoms with Crippen LogP contribution in [0.25, 0.3) is 0 Å². The normalized spacial score (nSPS) is 22.1. The Hall–Kier alpha value is -2.83. The van der Waals surface area contributed by atoms with E-state index in [0.29, 0.717) is 19.3 Å². The first kappa shape index (κ1) is 17.6. The van der Waals surface area contributed by atoms with E-state index in [0.717, 1.165) is 22.1 Å². The largest absolute Gasteiger partial charge is 0.416 e. The number of carbonyl (C=O) groups is 2. The average molecular weight is 374 g/mol. The van der Waals surface area contributed by atoms with Crippen molar-refractivity contribution >= 4 is 11.9 Å². The Kier molecular flexibility index (Phi) is 3.98. The number of urea groups is 1. The molecule has 2 aromatic carbocycles. The van der Waals surface area contributed by atoms with Crippen LogP contribution in [0, 0.1) is 0 Å². The summed E-state index contributed by atoms with van der Waals surface area (Å²) in [6, 6.07) is 12.1. The van der Waals surface area contributed by atoms with Crippen LogP contribution in [0.15, 0.2) is 48.5 Å². The predicted octanol–water partition coefficient (Wildman–Crippen LogP) is 3.68. The van der Waals surface area contributed by atoms with Gasteiger partial charge in [0.05, 0.1) is 12.1 Å². The van der Waals surface area contributed by atoms with Gasteiger partial charge in [-0.1, -0.05) is 42.5 Å². The van der Waals surface area contributed by atoms with Gasteiger partial charge in [0.25, 0.3) is 5.91 Å². The summed E-state index contributed by atoms with van der Waals surface area (Å²) >= 11 is 0. The smallest absolute Gasteiger partial charge is 0.323 e. The van der Waals surface area contributed by atoms with Crippen LogP contribution in [0.1, 0.15) is 28.7 Å². The summed E-state index contributed by atoms with van der Waals surface area (Å²) in [6.45, 7) is -0.399. The molecule has 4 rings (SSSR count). The molecule has 27 heavy (non-hydrogen) atoms. The highest BCUT2D eigenvalue weighted by atomic mass is 19.4. The Morgan fingerprint density at radius 3 is 2.41 bits per heavy atom. The molecule has 1 fully saturated rings. The molecule has 1 atom stereocenters. The van der Waals surface area contributed by atoms with Crippen molar-refractivity contribution in [3.63, 3.8) is 0 Å². The lowest BCUT2D eigenvalue weighted by Crippen LogP contribution is -2.51. The highest BCUT2D eigenvalue weighted by molar-refractivity contribution is 6.07. The Morgan fingerprint density at radius 1 is 1.00 bits per heavy atom. The number of benzene rings is 2. The molecule has 2 aliphatic rings. The van der Waals surface area contributed by atoms with Crippen LogP contribution in [-0.4, -0.2) is 22.4 Å². The second-order valence-corrected chi connectivity index (χ2v) is 7.00. The van der Waals surface area contributed by atoms with E-state index in [4.69, 9.17) is 0 Å². The van der Waals surface area contributed by atoms with E-state index in [1.54, 1.807) is 0 Å². The molecular formula is C20H17F3N2O2. The summed E-state index contributed by atoms with van der Waals surface area (Å²) < 4.78 is 39.7. The van der Waals surface area contributed by atoms with Crippen molar-refractivity contribution in [2.24, 2.45) is 0 Å². The summed E-state index contributed by atoms with van der Waals surface area (Å²) in [5, 5.41) is 2.74. The number of imide groups is 1. The minimum atomic E-state index is -4.54. The molecule has 0 saturated carbocycles. The summed E-state index contributed by atoms with van der Waals surface area (Å²) in [6.07, 6.45) is -3.12. The fraction of sp³-hybridized carbons (Fsp3) is 0.300. The molecule has 0 radical (unpaired) electrons. The lowest BCUT2D eigenvalue weighted by Gasteiger charge is -2.32. The van der Waals surface area contributed by atoms with Crippen LogP contribution in [0.4, 0.5) is 18.0 Å². The van der Waals surface area contributed by atoms with Gasteiger partial charge in [-0.25, -0.2) is 4.79 Å². The maximum Gasteiger partial charge on any atom is 0.416 e. The van der Waals surface area contributed by atoms with Crippen molar-refractivity contribution in [3.8, 4) is 0 Å². The van der Waals surface area contributed by atoms with Crippen LogP contribution in [0.2, 0.25) is 0 Å². The molecule has 4 nitrogen and oxygen atoms in total. The molecule has 1 heterocycles. The Labute approximate surface area is 154 Å². The van der Waals surface area contributed by atoms with Gasteiger partial charge >= 0.3 is 12.2 Å². The summed E-state index contributed by atoms with van der Waals surface area (Å²) in [7, 11) is 0. The number of hydrogen-bond donors (Lipinski definition) is 1. The van der Waals surface area contributed by atoms with Gasteiger partial charge in [-0.05, 0) is 35.6 Å². The van der Waals surface area contributed by atoms with Gasteiger partial charge in [0, 0.05) is 6.42 Å². The van der Waals surface area contributed by atoms with E-state index in [1.165, 1.54) is 18.2 Å². The number of fused-ring (bicyclic) bond motifs is 1. The summed E-state index contributed by atoms with van der Waals surface area (Å²) in [5.74, 6) is -0.459. The van der Waals surface area contributed by atoms with Gasteiger partial charge in [-0.15, -0.1) is 0 Å². The van der Waals surface area contributed by atoms with E-state index >= 15 is 0 Å². The van der Waals surface area contributed by atoms with Crippen LogP contribution in [-0.2, 0) is 30.4 Å². The number of amides is 3. The number of nitrogens with zero attached hydrogens (tertiary/aromatic N) is 1. The minimum Gasteiger partial charge on any atom is -0.323 e. The third kappa shape index (κ3) is 2.97. The third-order valence-corrected chi connectivity index (χ3v) is 5.33. The second kappa shape index (κ2) is 6.11. The molecule has 1 saturated heterocycles. The molecular weight excluding hydrogens is 357 g/mol. The van der Waals surface area contributed by atoms with Gasteiger partial charge in [0.2, 0.25) is 0 Å². The number of hydrogen-bond acceptors (Lipinski definition) is 2. The molecule has 1 spiro atoms. The zero-order chi connectivity index (χ0) is 19.2. The molecule has 1 aliphatic carbocycles. The lowest BCUT2D eigenvalue weighted by atomic mass is 9.78. The van der Waals surface area contributed by atoms with Gasteiger partial charge < -0.3 is 5.32 Å². The topological polar surface area (TPSA) is 49.4 Å². The molecule has 7 heteroatoms. The average Bonchev–Trinajstić information content (AvgIpc) is 2.85. The standard InChI is InChI=1S/C20H17F3N2O2/c21-20(22,23)16-8-4-3-7-15(16)12-25-17(26)19(24-18(25)27)10-9-13-5-1-2-6-14(13)11-19/h1-8H,9-12H2,(H,24,27). The molecule has 0 bridgehead atoms. The highest BCUT2D eigenvalue weighted by Gasteiger charge is 2.52. The van der Waals surface area contributed by atoms with E-state index in [9.17, 15) is 22.8 Å². The first-order valence-corrected chi connectivity index (χ1v) is 8.66. The zero-order valence-corrected chi connectivity index (χ0v) is 14.3. The monoisotopic (exact) mass is 374 g/mol. The number of carbonyl (C=O) groups excluding carboxylic acids is 2. The number of rotatable bonds is 2. The maximum absolute atomic E-state index is 13.2. The van der Waals surface area contributed by atoms with E-state index in [-0.39, 0.29) is 5.56 Å². The fourth-order valence-corrected chi connectivity index (χ4v) is 3.95. The van der Waals surface area contributed by atoms with Gasteiger partial charge in [-0.3, -0.25) is 9.69 Å². The van der Waals surface area contributed by atoms with E-state index in [2.05, 4.69) is 5.32 Å². The van der Waals surface area contributed by atoms with Crippen LogP contribution >= 0.6 is 0 Å². The highest BCUT2D eigenvalue weighted by Crippen LogP contribution is 2.36. The number of halogens is 3. The molecule has 1 unspecified atom stereocenters. The first-order chi connectivity index (χ1) is 12.8. The molecule has 1 N–H and O–H groups in total. The summed E-state index contributed by atoms with van der Waals surface area (Å²) in [4.78, 5) is 26.4. The van der Waals surface area contributed by atoms with E-state index < -0.39 is 35.8 Å². The fourth-order valence-electron chi connectivity index (χ4n) is 3.95. The SMILES string of the molecule is O=C1NC2(CCc3ccccc3C2)C(=O)N1Cc1ccccc1C(F)(F)F. The van der Waals surface area contributed by atoms with Crippen molar-refractivity contribution in [2.45, 2.75) is 37.5 Å². The van der Waals surface area contributed by atoms with Crippen molar-refractivity contribution in [1.29, 1.82) is 0 Å². The van der Waals surface area contributed by atoms with Gasteiger partial charge in [0.1, 0.15) is 5.54 Å². The van der Waals surface area contributed by atoms with Gasteiger partial charge in [0.15, 0.2) is 0 Å². The maximum atomic E-state index is 13.2. The Balaban J connectivity index is 1.62. The third-order valence-electron chi connectivity index (χ3n) is 5.33. The van der Waals surface area contributed by atoms with Crippen molar-refractivity contribution in [3.05, 3.63) is 70.8 Å². The van der Waals surface area contributed by atoms with Crippen molar-refractivity contribution in [1.82, 2.24) is 10.2 Å². The zero-order valence-electron chi connectivity index (χ0n) is 14.3. The Morgan fingerprint density at radius 2 is 1.67 bits per heavy atom. The summed E-state index contributed by atoms with van der Waals surface area (Å²) in [5.41, 5.74) is 0.113. The van der Waals surface area contributed by atoms with Gasteiger partial charge in [-0.2, -0.15) is 13.2 Å². The van der Waals surface area contributed by atoms with Crippen molar-refractivity contribution in [2.75, 3.05) is 0 Å². The predicted molar refractivity (Wildman–Crippen MR) is 91.7 cm³/mol. The number of aryl methyl sites for hydroxylation is 1. The molecule has 1 aliphatic heterocycles. The molecule has 140 valence electrons. The number of alkyl halides is 3. The molecule has 0 aromatic heterocycles.